The van der Waals surface area contributed by atoms with Crippen LogP contribution in [-0.4, -0.2) is 56.3 Å². The molecule has 0 bridgehead atoms. The molecule has 0 atom stereocenters. The molecule has 30 heavy (non-hydrogen) atoms. The third-order valence-electron chi connectivity index (χ3n) is 6.09. The van der Waals surface area contributed by atoms with Crippen molar-refractivity contribution in [2.45, 2.75) is 65.3 Å². The Balaban J connectivity index is 1.61. The molecule has 2 fully saturated rings. The van der Waals surface area contributed by atoms with E-state index in [2.05, 4.69) is 10.2 Å². The molecule has 1 aromatic carbocycles. The van der Waals surface area contributed by atoms with Gasteiger partial charge in [-0.15, -0.1) is 0 Å². The van der Waals surface area contributed by atoms with Crippen LogP contribution in [0.4, 0.5) is 0 Å². The van der Waals surface area contributed by atoms with Gasteiger partial charge in [0.15, 0.2) is 11.5 Å². The molecule has 6 nitrogen and oxygen atoms in total. The van der Waals surface area contributed by atoms with Gasteiger partial charge >= 0.3 is 0 Å². The van der Waals surface area contributed by atoms with E-state index < -0.39 is 0 Å². The van der Waals surface area contributed by atoms with Gasteiger partial charge in [0.05, 0.1) is 19.8 Å². The fourth-order valence-electron chi connectivity index (χ4n) is 4.61. The molecular formula is C24H38N2O4. The topological polar surface area (TPSA) is 60.0 Å². The average molecular weight is 419 g/mol. The summed E-state index contributed by atoms with van der Waals surface area (Å²) in [6, 6.07) is 3.75. The Morgan fingerprint density at radius 1 is 0.933 bits per heavy atom. The molecule has 1 aliphatic heterocycles. The molecule has 0 aromatic heterocycles. The lowest BCUT2D eigenvalue weighted by atomic mass is 10.0. The number of ether oxygens (including phenoxy) is 3. The van der Waals surface area contributed by atoms with E-state index in [0.717, 1.165) is 31.8 Å². The van der Waals surface area contributed by atoms with Gasteiger partial charge in [-0.2, -0.15) is 0 Å². The highest BCUT2D eigenvalue weighted by atomic mass is 16.5. The van der Waals surface area contributed by atoms with Crippen molar-refractivity contribution in [3.8, 4) is 17.2 Å². The Kier molecular flexibility index (Phi) is 8.67. The van der Waals surface area contributed by atoms with Crippen molar-refractivity contribution < 1.29 is 19.0 Å². The summed E-state index contributed by atoms with van der Waals surface area (Å²) >= 11 is 0. The molecule has 1 aliphatic carbocycles. The molecule has 0 unspecified atom stereocenters. The monoisotopic (exact) mass is 418 g/mol. The predicted octanol–water partition coefficient (Wildman–Crippen LogP) is 4.27. The zero-order valence-corrected chi connectivity index (χ0v) is 18.9. The van der Waals surface area contributed by atoms with Crippen LogP contribution in [-0.2, 0) is 0 Å². The van der Waals surface area contributed by atoms with Gasteiger partial charge in [-0.1, -0.05) is 12.8 Å². The molecule has 1 heterocycles. The lowest BCUT2D eigenvalue weighted by Crippen LogP contribution is -2.45. The number of carbonyl (C=O) groups excluding carboxylic acids is 1. The summed E-state index contributed by atoms with van der Waals surface area (Å²) in [6.07, 6.45) is 7.58. The van der Waals surface area contributed by atoms with E-state index >= 15 is 0 Å². The van der Waals surface area contributed by atoms with Gasteiger partial charge in [0.25, 0.3) is 5.91 Å². The largest absolute Gasteiger partial charge is 0.490 e. The average Bonchev–Trinajstić information content (AvgIpc) is 3.25. The van der Waals surface area contributed by atoms with Gasteiger partial charge in [-0.25, -0.2) is 0 Å². The van der Waals surface area contributed by atoms with Gasteiger partial charge in [-0.05, 0) is 64.5 Å². The number of amides is 1. The summed E-state index contributed by atoms with van der Waals surface area (Å²) in [7, 11) is 0. The maximum atomic E-state index is 13.0. The maximum Gasteiger partial charge on any atom is 0.251 e. The Bertz CT molecular complexity index is 653. The third-order valence-corrected chi connectivity index (χ3v) is 6.09. The summed E-state index contributed by atoms with van der Waals surface area (Å²) in [5, 5.41) is 3.22. The second-order valence-electron chi connectivity index (χ2n) is 8.30. The second kappa shape index (κ2) is 11.4. The van der Waals surface area contributed by atoms with Crippen molar-refractivity contribution in [3.63, 3.8) is 0 Å². The van der Waals surface area contributed by atoms with E-state index in [0.29, 0.717) is 42.6 Å². The first-order valence-electron chi connectivity index (χ1n) is 11.7. The molecule has 1 saturated heterocycles. The summed E-state index contributed by atoms with van der Waals surface area (Å²) in [5.41, 5.74) is 0.554. The van der Waals surface area contributed by atoms with Crippen molar-refractivity contribution >= 4 is 5.91 Å². The number of benzene rings is 1. The summed E-state index contributed by atoms with van der Waals surface area (Å²) in [5.74, 6) is 2.49. The predicted molar refractivity (Wildman–Crippen MR) is 119 cm³/mol. The smallest absolute Gasteiger partial charge is 0.251 e. The number of carbonyl (C=O) groups is 1. The number of nitrogens with zero attached hydrogens (tertiary/aromatic N) is 1. The Morgan fingerprint density at radius 2 is 1.50 bits per heavy atom. The zero-order chi connectivity index (χ0) is 21.3. The van der Waals surface area contributed by atoms with Crippen molar-refractivity contribution in [1.29, 1.82) is 0 Å². The van der Waals surface area contributed by atoms with E-state index in [1.54, 1.807) is 12.1 Å². The molecule has 6 heteroatoms. The number of piperidine rings is 1. The number of nitrogens with one attached hydrogen (secondary N) is 1. The SMILES string of the molecule is CCOc1cc(C(=O)NC2CCN(CC3CCCC3)CC2)cc(OCC)c1OCC. The minimum absolute atomic E-state index is 0.0748. The number of hydrogen-bond donors (Lipinski definition) is 1. The van der Waals surface area contributed by atoms with Crippen molar-refractivity contribution in [2.24, 2.45) is 5.92 Å². The molecule has 0 spiro atoms. The standard InChI is InChI=1S/C24H38N2O4/c1-4-28-21-15-19(16-22(29-5-2)23(21)30-6-3)24(27)25-20-11-13-26(14-12-20)17-18-9-7-8-10-18/h15-16,18,20H,4-14,17H2,1-3H3,(H,25,27). The molecule has 1 amide bonds. The molecule has 1 N–H and O–H groups in total. The van der Waals surface area contributed by atoms with Gasteiger partial charge in [0.1, 0.15) is 0 Å². The first-order chi connectivity index (χ1) is 14.6. The normalized spacial score (nSPS) is 18.4. The van der Waals surface area contributed by atoms with Crippen molar-refractivity contribution in [3.05, 3.63) is 17.7 Å². The van der Waals surface area contributed by atoms with Crippen LogP contribution in [0.5, 0.6) is 17.2 Å². The molecule has 1 saturated carbocycles. The minimum Gasteiger partial charge on any atom is -0.490 e. The van der Waals surface area contributed by atoms with Gasteiger partial charge in [0.2, 0.25) is 5.75 Å². The summed E-state index contributed by atoms with van der Waals surface area (Å²) in [6.45, 7) is 10.6. The minimum atomic E-state index is -0.0748. The van der Waals surface area contributed by atoms with Crippen LogP contribution in [0.15, 0.2) is 12.1 Å². The number of hydrogen-bond acceptors (Lipinski definition) is 5. The van der Waals surface area contributed by atoms with E-state index in [4.69, 9.17) is 14.2 Å². The Labute approximate surface area is 181 Å². The van der Waals surface area contributed by atoms with Gasteiger partial charge in [0, 0.05) is 31.2 Å². The van der Waals surface area contributed by atoms with E-state index in [-0.39, 0.29) is 11.9 Å². The molecule has 0 radical (unpaired) electrons. The fraction of sp³-hybridized carbons (Fsp3) is 0.708. The van der Waals surface area contributed by atoms with Crippen LogP contribution >= 0.6 is 0 Å². The number of rotatable bonds is 10. The van der Waals surface area contributed by atoms with Crippen LogP contribution in [0.1, 0.15) is 69.7 Å². The number of likely N-dealkylation sites (tertiary alicyclic amines) is 1. The van der Waals surface area contributed by atoms with Crippen molar-refractivity contribution in [1.82, 2.24) is 10.2 Å². The Morgan fingerprint density at radius 3 is 2.03 bits per heavy atom. The maximum absolute atomic E-state index is 13.0. The van der Waals surface area contributed by atoms with Crippen LogP contribution in [0.3, 0.4) is 0 Å². The highest BCUT2D eigenvalue weighted by molar-refractivity contribution is 5.95. The molecule has 3 rings (SSSR count). The van der Waals surface area contributed by atoms with Crippen LogP contribution in [0.25, 0.3) is 0 Å². The van der Waals surface area contributed by atoms with Crippen LogP contribution in [0.2, 0.25) is 0 Å². The van der Waals surface area contributed by atoms with Crippen LogP contribution in [0, 0.1) is 5.92 Å². The van der Waals surface area contributed by atoms with Crippen LogP contribution < -0.4 is 19.5 Å². The quantitative estimate of drug-likeness (QED) is 0.615. The van der Waals surface area contributed by atoms with E-state index in [1.165, 1.54) is 32.2 Å². The molecule has 1 aromatic rings. The first-order valence-corrected chi connectivity index (χ1v) is 11.7. The van der Waals surface area contributed by atoms with E-state index in [1.807, 2.05) is 20.8 Å². The zero-order valence-electron chi connectivity index (χ0n) is 18.9. The lowest BCUT2D eigenvalue weighted by Gasteiger charge is -2.33. The van der Waals surface area contributed by atoms with E-state index in [9.17, 15) is 4.79 Å². The van der Waals surface area contributed by atoms with Gasteiger partial charge < -0.3 is 24.4 Å². The molecule has 168 valence electrons. The van der Waals surface area contributed by atoms with Crippen molar-refractivity contribution in [2.75, 3.05) is 39.5 Å². The first kappa shape index (κ1) is 22.7. The third kappa shape index (κ3) is 6.03. The van der Waals surface area contributed by atoms with Gasteiger partial charge in [-0.3, -0.25) is 4.79 Å². The summed E-state index contributed by atoms with van der Waals surface area (Å²) < 4.78 is 17.2. The molecular weight excluding hydrogens is 380 g/mol. The second-order valence-corrected chi connectivity index (χ2v) is 8.30. The molecule has 2 aliphatic rings. The lowest BCUT2D eigenvalue weighted by molar-refractivity contribution is 0.0904. The highest BCUT2D eigenvalue weighted by Crippen LogP contribution is 2.39. The highest BCUT2D eigenvalue weighted by Gasteiger charge is 2.25. The Hall–Kier alpha value is -1.95. The fourth-order valence-corrected chi connectivity index (χ4v) is 4.61. The summed E-state index contributed by atoms with van der Waals surface area (Å²) in [4.78, 5) is 15.6.